The van der Waals surface area contributed by atoms with Gasteiger partial charge in [0.15, 0.2) is 6.04 Å². The van der Waals surface area contributed by atoms with Gasteiger partial charge in [-0.05, 0) is 35.4 Å². The molecular formula is C22H18ClNO3. The molecule has 0 aromatic heterocycles. The first-order chi connectivity index (χ1) is 13.1. The first kappa shape index (κ1) is 18.7. The summed E-state index contributed by atoms with van der Waals surface area (Å²) in [4.78, 5) is 25.2. The van der Waals surface area contributed by atoms with Crippen LogP contribution >= 0.6 is 11.6 Å². The van der Waals surface area contributed by atoms with Gasteiger partial charge in [0.1, 0.15) is 6.61 Å². The van der Waals surface area contributed by atoms with Gasteiger partial charge < -0.3 is 10.1 Å². The van der Waals surface area contributed by atoms with Gasteiger partial charge in [0, 0.05) is 10.6 Å². The zero-order chi connectivity index (χ0) is 19.1. The van der Waals surface area contributed by atoms with Gasteiger partial charge in [0.25, 0.3) is 5.91 Å². The van der Waals surface area contributed by atoms with E-state index < -0.39 is 12.0 Å². The van der Waals surface area contributed by atoms with Gasteiger partial charge in [-0.1, -0.05) is 72.3 Å². The first-order valence-electron chi connectivity index (χ1n) is 8.45. The Kier molecular flexibility index (Phi) is 6.23. The normalized spacial score (nSPS) is 11.4. The van der Waals surface area contributed by atoms with Crippen LogP contribution in [0.1, 0.15) is 27.5 Å². The molecule has 0 aliphatic carbocycles. The highest BCUT2D eigenvalue weighted by molar-refractivity contribution is 6.30. The summed E-state index contributed by atoms with van der Waals surface area (Å²) in [5.41, 5.74) is 1.95. The summed E-state index contributed by atoms with van der Waals surface area (Å²) < 4.78 is 5.42. The van der Waals surface area contributed by atoms with Crippen LogP contribution in [-0.4, -0.2) is 11.9 Å². The number of carbonyl (C=O) groups is 2. The molecule has 4 nitrogen and oxygen atoms in total. The van der Waals surface area contributed by atoms with Crippen LogP contribution in [0.3, 0.4) is 0 Å². The van der Waals surface area contributed by atoms with Crippen molar-refractivity contribution in [3.05, 3.63) is 107 Å². The Morgan fingerprint density at radius 3 is 2.07 bits per heavy atom. The van der Waals surface area contributed by atoms with E-state index in [-0.39, 0.29) is 12.5 Å². The van der Waals surface area contributed by atoms with Crippen LogP contribution in [0.25, 0.3) is 0 Å². The van der Waals surface area contributed by atoms with Crippen molar-refractivity contribution in [2.45, 2.75) is 12.6 Å². The van der Waals surface area contributed by atoms with Crippen molar-refractivity contribution in [2.75, 3.05) is 0 Å². The maximum absolute atomic E-state index is 12.7. The van der Waals surface area contributed by atoms with Crippen molar-refractivity contribution in [3.63, 3.8) is 0 Å². The Balaban J connectivity index is 1.74. The molecule has 1 atom stereocenters. The van der Waals surface area contributed by atoms with E-state index in [4.69, 9.17) is 16.3 Å². The molecule has 3 aromatic carbocycles. The highest BCUT2D eigenvalue weighted by atomic mass is 35.5. The Bertz CT molecular complexity index is 896. The lowest BCUT2D eigenvalue weighted by Gasteiger charge is -2.18. The number of benzene rings is 3. The number of esters is 1. The van der Waals surface area contributed by atoms with E-state index in [1.807, 2.05) is 24.3 Å². The predicted molar refractivity (Wildman–Crippen MR) is 104 cm³/mol. The molecule has 1 N–H and O–H groups in total. The number of hydrogen-bond donors (Lipinski definition) is 1. The van der Waals surface area contributed by atoms with E-state index in [9.17, 15) is 9.59 Å². The lowest BCUT2D eigenvalue weighted by Crippen LogP contribution is -2.34. The van der Waals surface area contributed by atoms with Gasteiger partial charge in [-0.25, -0.2) is 4.79 Å². The number of hydrogen-bond acceptors (Lipinski definition) is 3. The average Bonchev–Trinajstić information content (AvgIpc) is 2.72. The number of amides is 1. The molecule has 3 aromatic rings. The van der Waals surface area contributed by atoms with Gasteiger partial charge in [-0.15, -0.1) is 0 Å². The Morgan fingerprint density at radius 1 is 0.852 bits per heavy atom. The van der Waals surface area contributed by atoms with Crippen molar-refractivity contribution >= 4 is 23.5 Å². The van der Waals surface area contributed by atoms with Crippen LogP contribution in [0.4, 0.5) is 0 Å². The highest BCUT2D eigenvalue weighted by Crippen LogP contribution is 2.17. The fourth-order valence-electron chi connectivity index (χ4n) is 2.55. The van der Waals surface area contributed by atoms with E-state index in [1.54, 1.807) is 60.7 Å². The molecule has 0 fully saturated rings. The average molecular weight is 380 g/mol. The second-order valence-electron chi connectivity index (χ2n) is 5.92. The van der Waals surface area contributed by atoms with Gasteiger partial charge >= 0.3 is 5.97 Å². The van der Waals surface area contributed by atoms with Crippen LogP contribution in [0.2, 0.25) is 5.02 Å². The summed E-state index contributed by atoms with van der Waals surface area (Å²) >= 11 is 5.87. The zero-order valence-corrected chi connectivity index (χ0v) is 15.2. The molecule has 136 valence electrons. The van der Waals surface area contributed by atoms with E-state index in [2.05, 4.69) is 5.32 Å². The Hall–Kier alpha value is -3.11. The molecule has 0 bridgehead atoms. The van der Waals surface area contributed by atoms with Crippen molar-refractivity contribution in [2.24, 2.45) is 0 Å². The number of carbonyl (C=O) groups excluding carboxylic acids is 2. The molecule has 0 spiro atoms. The SMILES string of the molecule is O=C(NC(C(=O)OCc1ccc(Cl)cc1)c1ccccc1)c1ccccc1. The molecule has 0 radical (unpaired) electrons. The summed E-state index contributed by atoms with van der Waals surface area (Å²) in [6, 6.07) is 23.9. The second-order valence-corrected chi connectivity index (χ2v) is 6.35. The molecule has 0 heterocycles. The van der Waals surface area contributed by atoms with Crippen molar-refractivity contribution < 1.29 is 14.3 Å². The molecule has 0 aliphatic heterocycles. The number of nitrogens with one attached hydrogen (secondary N) is 1. The summed E-state index contributed by atoms with van der Waals surface area (Å²) in [6.45, 7) is 0.0978. The summed E-state index contributed by atoms with van der Waals surface area (Å²) in [5, 5.41) is 3.37. The van der Waals surface area contributed by atoms with Crippen LogP contribution in [0.15, 0.2) is 84.9 Å². The van der Waals surface area contributed by atoms with Crippen LogP contribution in [0.5, 0.6) is 0 Å². The maximum atomic E-state index is 12.7. The van der Waals surface area contributed by atoms with Gasteiger partial charge in [-0.2, -0.15) is 0 Å². The molecule has 5 heteroatoms. The van der Waals surface area contributed by atoms with E-state index in [1.165, 1.54) is 0 Å². The van der Waals surface area contributed by atoms with Gasteiger partial charge in [0.2, 0.25) is 0 Å². The summed E-state index contributed by atoms with van der Waals surface area (Å²) in [6.07, 6.45) is 0. The summed E-state index contributed by atoms with van der Waals surface area (Å²) in [5.74, 6) is -0.867. The maximum Gasteiger partial charge on any atom is 0.333 e. The molecule has 27 heavy (non-hydrogen) atoms. The lowest BCUT2D eigenvalue weighted by atomic mass is 10.1. The van der Waals surface area contributed by atoms with Gasteiger partial charge in [0.05, 0.1) is 0 Å². The number of ether oxygens (including phenoxy) is 1. The van der Waals surface area contributed by atoms with E-state index in [0.717, 1.165) is 5.56 Å². The van der Waals surface area contributed by atoms with Gasteiger partial charge in [-0.3, -0.25) is 4.79 Å². The highest BCUT2D eigenvalue weighted by Gasteiger charge is 2.24. The van der Waals surface area contributed by atoms with E-state index >= 15 is 0 Å². The minimum atomic E-state index is -0.897. The van der Waals surface area contributed by atoms with Crippen molar-refractivity contribution in [1.29, 1.82) is 0 Å². The largest absolute Gasteiger partial charge is 0.459 e. The van der Waals surface area contributed by atoms with Crippen LogP contribution in [-0.2, 0) is 16.1 Å². The second kappa shape index (κ2) is 9.01. The molecule has 1 amide bonds. The molecule has 3 rings (SSSR count). The third kappa shape index (κ3) is 5.19. The third-order valence-electron chi connectivity index (χ3n) is 3.97. The quantitative estimate of drug-likeness (QED) is 0.639. The van der Waals surface area contributed by atoms with Crippen LogP contribution < -0.4 is 5.32 Å². The standard InChI is InChI=1S/C22H18ClNO3/c23-19-13-11-16(12-14-19)15-27-22(26)20(17-7-3-1-4-8-17)24-21(25)18-9-5-2-6-10-18/h1-14,20H,15H2,(H,24,25). The first-order valence-corrected chi connectivity index (χ1v) is 8.83. The smallest absolute Gasteiger partial charge is 0.333 e. The minimum Gasteiger partial charge on any atom is -0.459 e. The fraction of sp³-hybridized carbons (Fsp3) is 0.0909. The topological polar surface area (TPSA) is 55.4 Å². The van der Waals surface area contributed by atoms with Crippen LogP contribution in [0, 0.1) is 0 Å². The molecular weight excluding hydrogens is 362 g/mol. The molecule has 1 unspecified atom stereocenters. The lowest BCUT2D eigenvalue weighted by molar-refractivity contribution is -0.147. The molecule has 0 saturated carbocycles. The number of rotatable bonds is 6. The van der Waals surface area contributed by atoms with Crippen molar-refractivity contribution in [3.8, 4) is 0 Å². The van der Waals surface area contributed by atoms with Crippen molar-refractivity contribution in [1.82, 2.24) is 5.32 Å². The number of halogens is 1. The predicted octanol–water partition coefficient (Wildman–Crippen LogP) is 4.55. The molecule has 0 saturated heterocycles. The minimum absolute atomic E-state index is 0.0978. The Morgan fingerprint density at radius 2 is 1.44 bits per heavy atom. The molecule has 0 aliphatic rings. The fourth-order valence-corrected chi connectivity index (χ4v) is 2.67. The van der Waals surface area contributed by atoms with E-state index in [0.29, 0.717) is 16.1 Å². The monoisotopic (exact) mass is 379 g/mol. The Labute approximate surface area is 162 Å². The third-order valence-corrected chi connectivity index (χ3v) is 4.23. The summed E-state index contributed by atoms with van der Waals surface area (Å²) in [7, 11) is 0. The zero-order valence-electron chi connectivity index (χ0n) is 14.5.